The molecule has 0 bridgehead atoms. The Bertz CT molecular complexity index is 269. The van der Waals surface area contributed by atoms with Crippen LogP contribution in [-0.2, 0) is 0 Å². The van der Waals surface area contributed by atoms with Crippen LogP contribution in [0.5, 0.6) is 0 Å². The van der Waals surface area contributed by atoms with Gasteiger partial charge in [0.1, 0.15) is 6.26 Å². The Hall–Kier alpha value is -0.990. The van der Waals surface area contributed by atoms with E-state index in [2.05, 4.69) is 4.42 Å². The highest BCUT2D eigenvalue weighted by molar-refractivity contribution is 4.92. The Labute approximate surface area is 59.3 Å². The molecule has 0 fully saturated rings. The minimum atomic E-state index is -0.271. The average molecular weight is 141 g/mol. The van der Waals surface area contributed by atoms with E-state index in [4.69, 9.17) is 0 Å². The summed E-state index contributed by atoms with van der Waals surface area (Å²) in [5.74, 6) is -0.271. The number of aryl methyl sites for hydroxylation is 1. The van der Waals surface area contributed by atoms with Crippen molar-refractivity contribution in [2.75, 3.05) is 0 Å². The highest BCUT2D eigenvalue weighted by Crippen LogP contribution is 2.03. The van der Waals surface area contributed by atoms with Crippen LogP contribution in [0.3, 0.4) is 0 Å². The van der Waals surface area contributed by atoms with Crippen LogP contribution in [0.15, 0.2) is 15.5 Å². The molecule has 1 heterocycles. The molecule has 0 aromatic carbocycles. The Morgan fingerprint density at radius 2 is 2.20 bits per heavy atom. The van der Waals surface area contributed by atoms with Crippen LogP contribution in [0, 0.1) is 6.92 Å². The molecule has 0 saturated carbocycles. The summed E-state index contributed by atoms with van der Waals surface area (Å²) in [7, 11) is 0. The number of hydrogen-bond acceptors (Lipinski definition) is 2. The molecule has 0 amide bonds. The van der Waals surface area contributed by atoms with E-state index in [9.17, 15) is 4.79 Å². The second kappa shape index (κ2) is 2.33. The summed E-state index contributed by atoms with van der Waals surface area (Å²) < 4.78 is 6.28. The molecule has 1 aromatic heterocycles. The Balaban J connectivity index is 3.23. The lowest BCUT2D eigenvalue weighted by molar-refractivity contribution is 0.455. The van der Waals surface area contributed by atoms with E-state index in [1.165, 1.54) is 6.26 Å². The molecule has 0 aliphatic rings. The van der Waals surface area contributed by atoms with Gasteiger partial charge in [-0.2, -0.15) is 0 Å². The first-order chi connectivity index (χ1) is 4.63. The number of nitrogens with zero attached hydrogens (tertiary/aromatic N) is 1. The number of rotatable bonds is 1. The van der Waals surface area contributed by atoms with Crippen LogP contribution in [0.25, 0.3) is 0 Å². The molecule has 1 aromatic rings. The van der Waals surface area contributed by atoms with E-state index in [0.29, 0.717) is 0 Å². The quantitative estimate of drug-likeness (QED) is 0.591. The van der Waals surface area contributed by atoms with Crippen molar-refractivity contribution in [2.24, 2.45) is 0 Å². The van der Waals surface area contributed by atoms with Crippen molar-refractivity contribution in [3.63, 3.8) is 0 Å². The van der Waals surface area contributed by atoms with Gasteiger partial charge in [0.25, 0.3) is 0 Å². The van der Waals surface area contributed by atoms with Gasteiger partial charge in [-0.25, -0.2) is 4.79 Å². The Morgan fingerprint density at radius 3 is 2.40 bits per heavy atom. The number of oxazole rings is 1. The predicted molar refractivity (Wildman–Crippen MR) is 38.1 cm³/mol. The SMILES string of the molecule is Cc1coc(=O)n1C(C)C. The fourth-order valence-corrected chi connectivity index (χ4v) is 1.01. The lowest BCUT2D eigenvalue weighted by atomic mass is 10.4. The van der Waals surface area contributed by atoms with Crippen molar-refractivity contribution in [1.29, 1.82) is 0 Å². The smallest absolute Gasteiger partial charge is 0.416 e. The number of hydrogen-bond donors (Lipinski definition) is 0. The molecular formula is C7H11NO2. The van der Waals surface area contributed by atoms with Crippen LogP contribution in [0.4, 0.5) is 0 Å². The van der Waals surface area contributed by atoms with Crippen LogP contribution < -0.4 is 5.76 Å². The lowest BCUT2D eigenvalue weighted by Crippen LogP contribution is -2.17. The lowest BCUT2D eigenvalue weighted by Gasteiger charge is -2.04. The van der Waals surface area contributed by atoms with Crippen LogP contribution >= 0.6 is 0 Å². The minimum absolute atomic E-state index is 0.186. The molecule has 0 unspecified atom stereocenters. The Kier molecular flexibility index (Phi) is 1.66. The van der Waals surface area contributed by atoms with Gasteiger partial charge < -0.3 is 4.42 Å². The highest BCUT2D eigenvalue weighted by Gasteiger charge is 2.05. The van der Waals surface area contributed by atoms with E-state index in [1.807, 2.05) is 20.8 Å². The minimum Gasteiger partial charge on any atom is -0.416 e. The standard InChI is InChI=1S/C7H11NO2/c1-5(2)8-6(3)4-10-7(8)9/h4-5H,1-3H3. The molecule has 0 aliphatic heterocycles. The first kappa shape index (κ1) is 7.12. The molecular weight excluding hydrogens is 130 g/mol. The molecule has 10 heavy (non-hydrogen) atoms. The van der Waals surface area contributed by atoms with Gasteiger partial charge in [-0.3, -0.25) is 4.57 Å². The Morgan fingerprint density at radius 1 is 1.60 bits per heavy atom. The van der Waals surface area contributed by atoms with Crippen molar-refractivity contribution in [3.05, 3.63) is 22.5 Å². The summed E-state index contributed by atoms with van der Waals surface area (Å²) >= 11 is 0. The van der Waals surface area contributed by atoms with E-state index >= 15 is 0 Å². The van der Waals surface area contributed by atoms with E-state index in [-0.39, 0.29) is 11.8 Å². The topological polar surface area (TPSA) is 35.1 Å². The first-order valence-electron chi connectivity index (χ1n) is 3.29. The van der Waals surface area contributed by atoms with Gasteiger partial charge in [0.2, 0.25) is 0 Å². The van der Waals surface area contributed by atoms with Gasteiger partial charge in [-0.05, 0) is 20.8 Å². The maximum atomic E-state index is 10.9. The summed E-state index contributed by atoms with van der Waals surface area (Å²) in [5, 5.41) is 0. The summed E-state index contributed by atoms with van der Waals surface area (Å²) in [4.78, 5) is 10.9. The van der Waals surface area contributed by atoms with Gasteiger partial charge in [0, 0.05) is 6.04 Å². The van der Waals surface area contributed by atoms with Crippen LogP contribution in [0.2, 0.25) is 0 Å². The fraction of sp³-hybridized carbons (Fsp3) is 0.571. The van der Waals surface area contributed by atoms with Crippen molar-refractivity contribution in [3.8, 4) is 0 Å². The average Bonchev–Trinajstić information content (AvgIpc) is 2.11. The third-order valence-corrected chi connectivity index (χ3v) is 1.42. The van der Waals surface area contributed by atoms with Crippen molar-refractivity contribution >= 4 is 0 Å². The highest BCUT2D eigenvalue weighted by atomic mass is 16.4. The molecule has 0 radical (unpaired) electrons. The third-order valence-electron chi connectivity index (χ3n) is 1.42. The van der Waals surface area contributed by atoms with Gasteiger partial charge in [-0.1, -0.05) is 0 Å². The molecule has 3 nitrogen and oxygen atoms in total. The van der Waals surface area contributed by atoms with Gasteiger partial charge in [-0.15, -0.1) is 0 Å². The van der Waals surface area contributed by atoms with Gasteiger partial charge in [0.15, 0.2) is 0 Å². The normalized spacial score (nSPS) is 10.8. The second-order valence-electron chi connectivity index (χ2n) is 2.61. The van der Waals surface area contributed by atoms with E-state index in [1.54, 1.807) is 4.57 Å². The van der Waals surface area contributed by atoms with Gasteiger partial charge in [0.05, 0.1) is 5.69 Å². The molecule has 1 rings (SSSR count). The fourth-order valence-electron chi connectivity index (χ4n) is 1.01. The molecule has 3 heteroatoms. The predicted octanol–water partition coefficient (Wildman–Crippen LogP) is 1.33. The first-order valence-corrected chi connectivity index (χ1v) is 3.29. The molecule has 0 saturated heterocycles. The van der Waals surface area contributed by atoms with Gasteiger partial charge >= 0.3 is 5.76 Å². The summed E-state index contributed by atoms with van der Waals surface area (Å²) in [6.45, 7) is 5.75. The second-order valence-corrected chi connectivity index (χ2v) is 2.61. The maximum absolute atomic E-state index is 10.9. The molecule has 56 valence electrons. The third kappa shape index (κ3) is 0.988. The monoisotopic (exact) mass is 141 g/mol. The van der Waals surface area contributed by atoms with Crippen LogP contribution in [0.1, 0.15) is 25.6 Å². The van der Waals surface area contributed by atoms with Crippen LogP contribution in [-0.4, -0.2) is 4.57 Å². The molecule has 0 atom stereocenters. The molecule has 0 aliphatic carbocycles. The number of aromatic nitrogens is 1. The van der Waals surface area contributed by atoms with E-state index < -0.39 is 0 Å². The summed E-state index contributed by atoms with van der Waals surface area (Å²) in [5.41, 5.74) is 0.875. The van der Waals surface area contributed by atoms with Crippen molar-refractivity contribution in [1.82, 2.24) is 4.57 Å². The molecule has 0 spiro atoms. The largest absolute Gasteiger partial charge is 0.419 e. The summed E-state index contributed by atoms with van der Waals surface area (Å²) in [6, 6.07) is 0.186. The van der Waals surface area contributed by atoms with E-state index in [0.717, 1.165) is 5.69 Å². The van der Waals surface area contributed by atoms with Crippen molar-refractivity contribution in [2.45, 2.75) is 26.8 Å². The zero-order valence-corrected chi connectivity index (χ0v) is 6.42. The maximum Gasteiger partial charge on any atom is 0.419 e. The zero-order valence-electron chi connectivity index (χ0n) is 6.42. The molecule has 0 N–H and O–H groups in total. The van der Waals surface area contributed by atoms with Crippen molar-refractivity contribution < 1.29 is 4.42 Å². The summed E-state index contributed by atoms with van der Waals surface area (Å²) in [6.07, 6.45) is 1.47. The zero-order chi connectivity index (χ0) is 7.72.